The van der Waals surface area contributed by atoms with Gasteiger partial charge in [0.2, 0.25) is 5.88 Å². The van der Waals surface area contributed by atoms with Crippen LogP contribution in [0.1, 0.15) is 16.1 Å². The normalized spacial score (nSPS) is 12.0. The van der Waals surface area contributed by atoms with Crippen LogP contribution in [0.5, 0.6) is 11.6 Å². The Bertz CT molecular complexity index is 593. The fourth-order valence-corrected chi connectivity index (χ4v) is 2.95. The average molecular weight is 402 g/mol. The minimum absolute atomic E-state index is 0.157. The van der Waals surface area contributed by atoms with Gasteiger partial charge in [0, 0.05) is 23.0 Å². The van der Waals surface area contributed by atoms with Gasteiger partial charge in [-0.25, -0.2) is 9.97 Å². The molecule has 1 atom stereocenters. The Balaban J connectivity index is 2.14. The Morgan fingerprint density at radius 2 is 1.95 bits per heavy atom. The van der Waals surface area contributed by atoms with Crippen molar-refractivity contribution >= 4 is 31.9 Å². The van der Waals surface area contributed by atoms with Crippen LogP contribution in [0, 0.1) is 0 Å². The third-order valence-corrected chi connectivity index (χ3v) is 4.31. The summed E-state index contributed by atoms with van der Waals surface area (Å²) in [5, 5.41) is 0. The van der Waals surface area contributed by atoms with Crippen molar-refractivity contribution in [2.45, 2.75) is 11.2 Å². The van der Waals surface area contributed by atoms with Crippen molar-refractivity contribution in [3.63, 3.8) is 0 Å². The maximum Gasteiger partial charge on any atom is 0.216 e. The lowest BCUT2D eigenvalue weighted by atomic mass is 10.1. The van der Waals surface area contributed by atoms with E-state index in [-0.39, 0.29) is 4.83 Å². The van der Waals surface area contributed by atoms with Crippen LogP contribution in [0.3, 0.4) is 0 Å². The first-order valence-corrected chi connectivity index (χ1v) is 7.67. The van der Waals surface area contributed by atoms with Crippen LogP contribution in [0.2, 0.25) is 0 Å². The molecule has 0 N–H and O–H groups in total. The van der Waals surface area contributed by atoms with Gasteiger partial charge in [0.1, 0.15) is 12.1 Å². The summed E-state index contributed by atoms with van der Waals surface area (Å²) >= 11 is 7.18. The molecule has 2 aromatic rings. The second kappa shape index (κ2) is 7.04. The SMILES string of the molecule is COc1cc(CC(Br)c2ccc(OC)c(Br)c2)ncn1. The van der Waals surface area contributed by atoms with Crippen LogP contribution in [0.15, 0.2) is 35.1 Å². The maximum absolute atomic E-state index is 5.23. The summed E-state index contributed by atoms with van der Waals surface area (Å²) in [6, 6.07) is 7.85. The highest BCUT2D eigenvalue weighted by molar-refractivity contribution is 9.10. The number of benzene rings is 1. The Kier molecular flexibility index (Phi) is 5.37. The first kappa shape index (κ1) is 15.3. The molecular formula is C14H14Br2N2O2. The summed E-state index contributed by atoms with van der Waals surface area (Å²) in [5.74, 6) is 1.39. The first-order chi connectivity index (χ1) is 9.63. The van der Waals surface area contributed by atoms with Gasteiger partial charge in [0.25, 0.3) is 0 Å². The monoisotopic (exact) mass is 400 g/mol. The van der Waals surface area contributed by atoms with Crippen LogP contribution in [0.4, 0.5) is 0 Å². The van der Waals surface area contributed by atoms with Gasteiger partial charge >= 0.3 is 0 Å². The third-order valence-electron chi connectivity index (χ3n) is 2.83. The third kappa shape index (κ3) is 3.70. The smallest absolute Gasteiger partial charge is 0.216 e. The molecule has 0 saturated heterocycles. The summed E-state index contributed by atoms with van der Waals surface area (Å²) in [6.07, 6.45) is 2.26. The molecule has 1 aromatic heterocycles. The van der Waals surface area contributed by atoms with E-state index < -0.39 is 0 Å². The van der Waals surface area contributed by atoms with E-state index in [1.807, 2.05) is 24.3 Å². The number of ether oxygens (including phenoxy) is 2. The molecule has 4 nitrogen and oxygen atoms in total. The maximum atomic E-state index is 5.23. The molecule has 0 saturated carbocycles. The zero-order chi connectivity index (χ0) is 14.5. The molecule has 2 rings (SSSR count). The topological polar surface area (TPSA) is 44.2 Å². The number of aromatic nitrogens is 2. The Morgan fingerprint density at radius 3 is 2.60 bits per heavy atom. The molecule has 0 fully saturated rings. The highest BCUT2D eigenvalue weighted by Crippen LogP contribution is 2.33. The number of rotatable bonds is 5. The van der Waals surface area contributed by atoms with Gasteiger partial charge in [-0.15, -0.1) is 0 Å². The molecule has 0 bridgehead atoms. The van der Waals surface area contributed by atoms with E-state index in [0.717, 1.165) is 27.9 Å². The fraction of sp³-hybridized carbons (Fsp3) is 0.286. The van der Waals surface area contributed by atoms with Gasteiger partial charge in [-0.2, -0.15) is 0 Å². The van der Waals surface area contributed by atoms with E-state index in [1.54, 1.807) is 14.2 Å². The number of methoxy groups -OCH3 is 2. The van der Waals surface area contributed by atoms with Gasteiger partial charge in [0.05, 0.1) is 18.7 Å². The lowest BCUT2D eigenvalue weighted by Gasteiger charge is -2.12. The summed E-state index contributed by atoms with van der Waals surface area (Å²) in [4.78, 5) is 8.41. The second-order valence-electron chi connectivity index (χ2n) is 4.12. The molecule has 1 heterocycles. The summed E-state index contributed by atoms with van der Waals surface area (Å²) in [7, 11) is 3.25. The lowest BCUT2D eigenvalue weighted by molar-refractivity contribution is 0.396. The largest absolute Gasteiger partial charge is 0.496 e. The number of hydrogen-bond acceptors (Lipinski definition) is 4. The summed E-state index contributed by atoms with van der Waals surface area (Å²) in [5.41, 5.74) is 2.07. The van der Waals surface area contributed by atoms with Gasteiger partial charge < -0.3 is 9.47 Å². The van der Waals surface area contributed by atoms with Gasteiger partial charge in [-0.05, 0) is 33.6 Å². The Hall–Kier alpha value is -1.14. The van der Waals surface area contributed by atoms with Gasteiger partial charge in [-0.1, -0.05) is 22.0 Å². The predicted molar refractivity (Wildman–Crippen MR) is 84.7 cm³/mol. The molecule has 0 amide bonds. The molecule has 20 heavy (non-hydrogen) atoms. The van der Waals surface area contributed by atoms with Crippen molar-refractivity contribution in [1.82, 2.24) is 9.97 Å². The standard InChI is InChI=1S/C14H14Br2N2O2/c1-19-13-4-3-9(5-12(13)16)11(15)6-10-7-14(20-2)18-8-17-10/h3-5,7-8,11H,6H2,1-2H3. The van der Waals surface area contributed by atoms with Crippen molar-refractivity contribution in [3.05, 3.63) is 46.3 Å². The molecule has 1 unspecified atom stereocenters. The van der Waals surface area contributed by atoms with E-state index in [0.29, 0.717) is 5.88 Å². The van der Waals surface area contributed by atoms with Crippen molar-refractivity contribution in [2.75, 3.05) is 14.2 Å². The van der Waals surface area contributed by atoms with Crippen LogP contribution in [0.25, 0.3) is 0 Å². The van der Waals surface area contributed by atoms with Crippen LogP contribution in [-0.2, 0) is 6.42 Å². The molecular weight excluding hydrogens is 388 g/mol. The molecule has 0 aliphatic carbocycles. The van der Waals surface area contributed by atoms with E-state index >= 15 is 0 Å². The van der Waals surface area contributed by atoms with E-state index in [9.17, 15) is 0 Å². The van der Waals surface area contributed by atoms with Crippen molar-refractivity contribution < 1.29 is 9.47 Å². The molecule has 106 valence electrons. The number of hydrogen-bond donors (Lipinski definition) is 0. The fourth-order valence-electron chi connectivity index (χ4n) is 1.78. The lowest BCUT2D eigenvalue weighted by Crippen LogP contribution is -2.00. The molecule has 0 aliphatic heterocycles. The molecule has 0 aliphatic rings. The van der Waals surface area contributed by atoms with Crippen LogP contribution < -0.4 is 9.47 Å². The highest BCUT2D eigenvalue weighted by Gasteiger charge is 2.12. The van der Waals surface area contributed by atoms with Crippen molar-refractivity contribution in [1.29, 1.82) is 0 Å². The molecule has 0 spiro atoms. The molecule has 0 radical (unpaired) electrons. The number of alkyl halides is 1. The Morgan fingerprint density at radius 1 is 1.15 bits per heavy atom. The second-order valence-corrected chi connectivity index (χ2v) is 6.08. The van der Waals surface area contributed by atoms with Crippen LogP contribution in [-0.4, -0.2) is 24.2 Å². The minimum Gasteiger partial charge on any atom is -0.496 e. The van der Waals surface area contributed by atoms with Crippen molar-refractivity contribution in [3.8, 4) is 11.6 Å². The summed E-state index contributed by atoms with van der Waals surface area (Å²) < 4.78 is 11.3. The molecule has 6 heteroatoms. The molecule has 1 aromatic carbocycles. The van der Waals surface area contributed by atoms with Gasteiger partial charge in [-0.3, -0.25) is 0 Å². The zero-order valence-electron chi connectivity index (χ0n) is 11.1. The summed E-state index contributed by atoms with van der Waals surface area (Å²) in [6.45, 7) is 0. The Labute approximate surface area is 134 Å². The first-order valence-electron chi connectivity index (χ1n) is 5.96. The van der Waals surface area contributed by atoms with E-state index in [1.165, 1.54) is 6.33 Å². The van der Waals surface area contributed by atoms with E-state index in [4.69, 9.17) is 9.47 Å². The average Bonchev–Trinajstić information content (AvgIpc) is 2.47. The van der Waals surface area contributed by atoms with Gasteiger partial charge in [0.15, 0.2) is 0 Å². The van der Waals surface area contributed by atoms with Crippen molar-refractivity contribution in [2.24, 2.45) is 0 Å². The zero-order valence-corrected chi connectivity index (χ0v) is 14.3. The number of nitrogens with zero attached hydrogens (tertiary/aromatic N) is 2. The minimum atomic E-state index is 0.157. The van der Waals surface area contributed by atoms with E-state index in [2.05, 4.69) is 41.8 Å². The highest BCUT2D eigenvalue weighted by atomic mass is 79.9. The van der Waals surface area contributed by atoms with Crippen LogP contribution >= 0.6 is 31.9 Å². The quantitative estimate of drug-likeness (QED) is 0.712. The predicted octanol–water partition coefficient (Wildman–Crippen LogP) is 3.94. The number of halogens is 2.